The molecule has 1 unspecified atom stereocenters. The van der Waals surface area contributed by atoms with Gasteiger partial charge in [0.2, 0.25) is 5.82 Å². The van der Waals surface area contributed by atoms with E-state index >= 15 is 0 Å². The van der Waals surface area contributed by atoms with Gasteiger partial charge in [-0.15, -0.1) is 0 Å². The van der Waals surface area contributed by atoms with Crippen molar-refractivity contribution < 1.29 is 14.5 Å². The number of hydrogen-bond donors (Lipinski definition) is 2. The summed E-state index contributed by atoms with van der Waals surface area (Å²) in [5.74, 6) is -0.330. The average Bonchev–Trinajstić information content (AvgIpc) is 3.01. The molecule has 2 aromatic rings. The van der Waals surface area contributed by atoms with Gasteiger partial charge in [-0.3, -0.25) is 15.2 Å². The molecule has 2 aromatic heterocycles. The molecule has 2 heterocycles. The van der Waals surface area contributed by atoms with E-state index < -0.39 is 22.6 Å². The molecule has 22 heavy (non-hydrogen) atoms. The highest BCUT2D eigenvalue weighted by Gasteiger charge is 2.28. The maximum absolute atomic E-state index is 11.8. The van der Waals surface area contributed by atoms with Crippen molar-refractivity contribution in [2.75, 3.05) is 11.9 Å². The molecule has 2 rings (SSSR count). The molecule has 0 aliphatic rings. The Morgan fingerprint density at radius 1 is 1.55 bits per heavy atom. The Hall–Kier alpha value is -3.04. The number of nitrogens with zero attached hydrogens (tertiary/aromatic N) is 4. The van der Waals surface area contributed by atoms with Crippen LogP contribution in [0.1, 0.15) is 36.1 Å². The molecule has 116 valence electrons. The molecule has 0 radical (unpaired) electrons. The van der Waals surface area contributed by atoms with Crippen molar-refractivity contribution in [2.45, 2.75) is 19.9 Å². The molecule has 2 N–H and O–H groups in total. The lowest BCUT2D eigenvalue weighted by Gasteiger charge is -2.12. The third-order valence-electron chi connectivity index (χ3n) is 2.80. The Bertz CT molecular complexity index is 672. The second-order valence-corrected chi connectivity index (χ2v) is 4.27. The fourth-order valence-electron chi connectivity index (χ4n) is 1.81. The number of aromatic amines is 1. The van der Waals surface area contributed by atoms with Crippen molar-refractivity contribution in [1.29, 1.82) is 0 Å². The number of nitrogens with one attached hydrogen (secondary N) is 2. The van der Waals surface area contributed by atoms with Gasteiger partial charge in [-0.25, -0.2) is 14.8 Å². The summed E-state index contributed by atoms with van der Waals surface area (Å²) >= 11 is 0. The smallest absolute Gasteiger partial charge is 0.345 e. The number of nitro groups is 1. The van der Waals surface area contributed by atoms with Crippen LogP contribution in [0.4, 0.5) is 11.5 Å². The van der Waals surface area contributed by atoms with Gasteiger partial charge in [0.25, 0.3) is 0 Å². The SMILES string of the molecule is CCOC(=O)c1ccnc(NC(C)c2ncn[nH]2)c1[N+](=O)[O-]. The third kappa shape index (κ3) is 3.16. The summed E-state index contributed by atoms with van der Waals surface area (Å²) in [6.45, 7) is 3.47. The summed E-state index contributed by atoms with van der Waals surface area (Å²) in [4.78, 5) is 30.3. The van der Waals surface area contributed by atoms with Crippen molar-refractivity contribution >= 4 is 17.5 Å². The summed E-state index contributed by atoms with van der Waals surface area (Å²) in [7, 11) is 0. The molecule has 1 atom stereocenters. The zero-order chi connectivity index (χ0) is 16.1. The van der Waals surface area contributed by atoms with E-state index in [-0.39, 0.29) is 18.0 Å². The largest absolute Gasteiger partial charge is 0.462 e. The highest BCUT2D eigenvalue weighted by atomic mass is 16.6. The van der Waals surface area contributed by atoms with E-state index in [4.69, 9.17) is 4.74 Å². The van der Waals surface area contributed by atoms with E-state index in [9.17, 15) is 14.9 Å². The second-order valence-electron chi connectivity index (χ2n) is 4.27. The number of aromatic nitrogens is 4. The molecule has 0 aromatic carbocycles. The maximum Gasteiger partial charge on any atom is 0.345 e. The molecule has 10 heteroatoms. The Kier molecular flexibility index (Phi) is 4.61. The first-order valence-corrected chi connectivity index (χ1v) is 6.46. The van der Waals surface area contributed by atoms with Gasteiger partial charge in [0.15, 0.2) is 0 Å². The molecule has 0 bridgehead atoms. The standard InChI is InChI=1S/C12H14N6O4/c1-3-22-12(19)8-4-5-13-11(9(8)18(20)21)16-7(2)10-14-6-15-17-10/h4-7H,3H2,1-2H3,(H,13,16)(H,14,15,17). The summed E-state index contributed by atoms with van der Waals surface area (Å²) in [5.41, 5.74) is -0.596. The molecule has 0 aliphatic heterocycles. The van der Waals surface area contributed by atoms with Crippen molar-refractivity contribution in [3.63, 3.8) is 0 Å². The first-order valence-electron chi connectivity index (χ1n) is 6.46. The number of rotatable bonds is 6. The van der Waals surface area contributed by atoms with Crippen LogP contribution in [-0.2, 0) is 4.74 Å². The number of pyridine rings is 1. The van der Waals surface area contributed by atoms with Crippen LogP contribution in [0.2, 0.25) is 0 Å². The van der Waals surface area contributed by atoms with Gasteiger partial charge in [-0.2, -0.15) is 5.10 Å². The van der Waals surface area contributed by atoms with Crippen LogP contribution in [-0.4, -0.2) is 37.7 Å². The molecule has 0 spiro atoms. The Balaban J connectivity index is 2.36. The Morgan fingerprint density at radius 3 is 2.91 bits per heavy atom. The van der Waals surface area contributed by atoms with E-state index in [0.29, 0.717) is 5.82 Å². The summed E-state index contributed by atoms with van der Waals surface area (Å²) in [5, 5.41) is 20.5. The minimum Gasteiger partial charge on any atom is -0.462 e. The van der Waals surface area contributed by atoms with Gasteiger partial charge >= 0.3 is 11.7 Å². The minimum atomic E-state index is -0.771. The predicted molar refractivity (Wildman–Crippen MR) is 75.3 cm³/mol. The lowest BCUT2D eigenvalue weighted by Crippen LogP contribution is -2.14. The number of ether oxygens (including phenoxy) is 1. The Labute approximate surface area is 125 Å². The Morgan fingerprint density at radius 2 is 2.32 bits per heavy atom. The van der Waals surface area contributed by atoms with Crippen molar-refractivity contribution in [2.24, 2.45) is 0 Å². The fraction of sp³-hybridized carbons (Fsp3) is 0.333. The lowest BCUT2D eigenvalue weighted by molar-refractivity contribution is -0.384. The van der Waals surface area contributed by atoms with E-state index in [1.165, 1.54) is 18.6 Å². The first kappa shape index (κ1) is 15.4. The number of anilines is 1. The third-order valence-corrected chi connectivity index (χ3v) is 2.80. The molecule has 0 saturated carbocycles. The number of carbonyl (C=O) groups excluding carboxylic acids is 1. The van der Waals surface area contributed by atoms with Crippen LogP contribution >= 0.6 is 0 Å². The van der Waals surface area contributed by atoms with Crippen LogP contribution in [0.3, 0.4) is 0 Å². The highest BCUT2D eigenvalue weighted by molar-refractivity contribution is 5.96. The monoisotopic (exact) mass is 306 g/mol. The quantitative estimate of drug-likeness (QED) is 0.465. The molecule has 0 amide bonds. The van der Waals surface area contributed by atoms with Crippen molar-refractivity contribution in [3.8, 4) is 0 Å². The number of esters is 1. The predicted octanol–water partition coefficient (Wildman–Crippen LogP) is 1.46. The van der Waals surface area contributed by atoms with Crippen LogP contribution in [0.5, 0.6) is 0 Å². The van der Waals surface area contributed by atoms with Gasteiger partial charge < -0.3 is 10.1 Å². The molecular weight excluding hydrogens is 292 g/mol. The number of H-pyrrole nitrogens is 1. The minimum absolute atomic E-state index is 0.0422. The van der Waals surface area contributed by atoms with E-state index in [2.05, 4.69) is 25.5 Å². The van der Waals surface area contributed by atoms with Crippen molar-refractivity contribution in [3.05, 3.63) is 40.1 Å². The van der Waals surface area contributed by atoms with Gasteiger partial charge in [-0.05, 0) is 19.9 Å². The van der Waals surface area contributed by atoms with Crippen molar-refractivity contribution in [1.82, 2.24) is 20.2 Å². The summed E-state index contributed by atoms with van der Waals surface area (Å²) < 4.78 is 4.82. The molecule has 0 aliphatic carbocycles. The molecule has 0 fully saturated rings. The molecule has 0 saturated heterocycles. The van der Waals surface area contributed by atoms with Crippen LogP contribution < -0.4 is 5.32 Å². The van der Waals surface area contributed by atoms with Crippen LogP contribution in [0.25, 0.3) is 0 Å². The number of carbonyl (C=O) groups is 1. The van der Waals surface area contributed by atoms with Gasteiger partial charge in [-0.1, -0.05) is 0 Å². The second kappa shape index (κ2) is 6.61. The summed E-state index contributed by atoms with van der Waals surface area (Å²) in [6, 6.07) is 0.839. The van der Waals surface area contributed by atoms with Gasteiger partial charge in [0.1, 0.15) is 17.7 Å². The molecule has 10 nitrogen and oxygen atoms in total. The normalized spacial score (nSPS) is 11.7. The molecular formula is C12H14N6O4. The highest BCUT2D eigenvalue weighted by Crippen LogP contribution is 2.29. The fourth-order valence-corrected chi connectivity index (χ4v) is 1.81. The van der Waals surface area contributed by atoms with Gasteiger partial charge in [0.05, 0.1) is 17.6 Å². The van der Waals surface area contributed by atoms with E-state index in [1.807, 2.05) is 0 Å². The number of hydrogen-bond acceptors (Lipinski definition) is 8. The van der Waals surface area contributed by atoms with E-state index in [1.54, 1.807) is 13.8 Å². The summed E-state index contributed by atoms with van der Waals surface area (Å²) in [6.07, 6.45) is 2.62. The van der Waals surface area contributed by atoms with Gasteiger partial charge in [0, 0.05) is 6.20 Å². The first-order chi connectivity index (χ1) is 10.5. The average molecular weight is 306 g/mol. The lowest BCUT2D eigenvalue weighted by atomic mass is 10.2. The zero-order valence-electron chi connectivity index (χ0n) is 11.9. The maximum atomic E-state index is 11.8. The topological polar surface area (TPSA) is 136 Å². The van der Waals surface area contributed by atoms with Crippen LogP contribution in [0, 0.1) is 10.1 Å². The van der Waals surface area contributed by atoms with Crippen LogP contribution in [0.15, 0.2) is 18.6 Å². The van der Waals surface area contributed by atoms with E-state index in [0.717, 1.165) is 0 Å². The zero-order valence-corrected chi connectivity index (χ0v) is 11.9.